The van der Waals surface area contributed by atoms with Gasteiger partial charge in [-0.3, -0.25) is 14.5 Å². The largest absolute Gasteiger partial charge is 0.370 e. The molecule has 1 saturated heterocycles. The number of carbonyl (C=O) groups is 2. The van der Waals surface area contributed by atoms with Crippen molar-refractivity contribution < 1.29 is 9.59 Å². The number of nitrogens with zero attached hydrogens (tertiary/aromatic N) is 2. The third kappa shape index (κ3) is 5.48. The van der Waals surface area contributed by atoms with E-state index in [1.54, 1.807) is 0 Å². The predicted molar refractivity (Wildman–Crippen MR) is 86.2 cm³/mol. The van der Waals surface area contributed by atoms with E-state index in [1.165, 1.54) is 5.56 Å². The highest BCUT2D eigenvalue weighted by molar-refractivity contribution is 5.76. The average molecular weight is 303 g/mol. The molecular weight excluding hydrogens is 278 g/mol. The summed E-state index contributed by atoms with van der Waals surface area (Å²) in [5, 5.41) is 0. The number of hydrogen-bond acceptors (Lipinski definition) is 3. The summed E-state index contributed by atoms with van der Waals surface area (Å²) in [6.07, 6.45) is 2.84. The highest BCUT2D eigenvalue weighted by atomic mass is 16.2. The minimum Gasteiger partial charge on any atom is -0.370 e. The van der Waals surface area contributed by atoms with Crippen LogP contribution in [0.2, 0.25) is 0 Å². The van der Waals surface area contributed by atoms with E-state index in [-0.39, 0.29) is 11.8 Å². The smallest absolute Gasteiger partial charge is 0.222 e. The van der Waals surface area contributed by atoms with Gasteiger partial charge in [0.1, 0.15) is 0 Å². The number of hydrogen-bond donors (Lipinski definition) is 1. The van der Waals surface area contributed by atoms with Crippen LogP contribution in [-0.4, -0.2) is 54.3 Å². The molecule has 1 aliphatic heterocycles. The minimum absolute atomic E-state index is 0.241. The molecule has 1 heterocycles. The van der Waals surface area contributed by atoms with Gasteiger partial charge in [-0.05, 0) is 18.4 Å². The zero-order valence-electron chi connectivity index (χ0n) is 13.0. The van der Waals surface area contributed by atoms with Gasteiger partial charge in [-0.1, -0.05) is 30.3 Å². The Morgan fingerprint density at radius 3 is 2.32 bits per heavy atom. The molecule has 0 spiro atoms. The molecule has 0 atom stereocenters. The van der Waals surface area contributed by atoms with Crippen LogP contribution in [-0.2, 0) is 16.0 Å². The van der Waals surface area contributed by atoms with Gasteiger partial charge < -0.3 is 10.6 Å². The summed E-state index contributed by atoms with van der Waals surface area (Å²) in [6.45, 7) is 3.87. The van der Waals surface area contributed by atoms with Crippen LogP contribution in [0.4, 0.5) is 0 Å². The van der Waals surface area contributed by atoms with Crippen molar-refractivity contribution in [1.82, 2.24) is 9.80 Å². The lowest BCUT2D eigenvalue weighted by molar-refractivity contribution is -0.133. The van der Waals surface area contributed by atoms with E-state index < -0.39 is 0 Å². The number of rotatable bonds is 7. The summed E-state index contributed by atoms with van der Waals surface area (Å²) in [5.41, 5.74) is 6.44. The van der Waals surface area contributed by atoms with E-state index in [0.29, 0.717) is 19.4 Å². The molecule has 0 aliphatic carbocycles. The standard InChI is InChI=1S/C17H25N3O2/c18-16(21)9-10-19-11-13-20(14-12-19)17(22)8-4-7-15-5-2-1-3-6-15/h1-3,5-6H,4,7-14H2,(H2,18,21). The van der Waals surface area contributed by atoms with Gasteiger partial charge in [0, 0.05) is 45.6 Å². The summed E-state index contributed by atoms with van der Waals surface area (Å²) < 4.78 is 0. The van der Waals surface area contributed by atoms with Crippen molar-refractivity contribution in [1.29, 1.82) is 0 Å². The fraction of sp³-hybridized carbons (Fsp3) is 0.529. The van der Waals surface area contributed by atoms with Crippen molar-refractivity contribution >= 4 is 11.8 Å². The van der Waals surface area contributed by atoms with Crippen LogP contribution in [0, 0.1) is 0 Å². The summed E-state index contributed by atoms with van der Waals surface area (Å²) >= 11 is 0. The second-order valence-electron chi connectivity index (χ2n) is 5.78. The van der Waals surface area contributed by atoms with Gasteiger partial charge in [-0.15, -0.1) is 0 Å². The van der Waals surface area contributed by atoms with Crippen molar-refractivity contribution in [3.05, 3.63) is 35.9 Å². The maximum atomic E-state index is 12.2. The lowest BCUT2D eigenvalue weighted by Gasteiger charge is -2.34. The van der Waals surface area contributed by atoms with Crippen molar-refractivity contribution in [3.63, 3.8) is 0 Å². The quantitative estimate of drug-likeness (QED) is 0.818. The van der Waals surface area contributed by atoms with E-state index in [4.69, 9.17) is 5.73 Å². The van der Waals surface area contributed by atoms with Gasteiger partial charge >= 0.3 is 0 Å². The van der Waals surface area contributed by atoms with Gasteiger partial charge in [-0.25, -0.2) is 0 Å². The molecule has 2 amide bonds. The van der Waals surface area contributed by atoms with Gasteiger partial charge in [0.2, 0.25) is 11.8 Å². The molecule has 0 bridgehead atoms. The molecule has 0 aromatic heterocycles. The Bertz CT molecular complexity index is 482. The SMILES string of the molecule is NC(=O)CCN1CCN(C(=O)CCCc2ccccc2)CC1. The van der Waals surface area contributed by atoms with Crippen LogP contribution in [0.25, 0.3) is 0 Å². The Hall–Kier alpha value is -1.88. The van der Waals surface area contributed by atoms with Crippen LogP contribution >= 0.6 is 0 Å². The number of nitrogens with two attached hydrogens (primary N) is 1. The first kappa shape index (κ1) is 16.5. The van der Waals surface area contributed by atoms with Crippen molar-refractivity contribution in [2.75, 3.05) is 32.7 Å². The fourth-order valence-electron chi connectivity index (χ4n) is 2.74. The number of primary amides is 1. The highest BCUT2D eigenvalue weighted by Gasteiger charge is 2.20. The van der Waals surface area contributed by atoms with E-state index in [9.17, 15) is 9.59 Å². The first-order valence-electron chi connectivity index (χ1n) is 7.97. The number of aryl methyl sites for hydroxylation is 1. The monoisotopic (exact) mass is 303 g/mol. The molecule has 1 aromatic rings. The van der Waals surface area contributed by atoms with E-state index in [0.717, 1.165) is 39.0 Å². The van der Waals surface area contributed by atoms with E-state index in [1.807, 2.05) is 23.1 Å². The Morgan fingerprint density at radius 2 is 1.68 bits per heavy atom. The number of carbonyl (C=O) groups excluding carboxylic acids is 2. The molecule has 1 fully saturated rings. The predicted octanol–water partition coefficient (Wildman–Crippen LogP) is 1.03. The van der Waals surface area contributed by atoms with Crippen LogP contribution in [0.15, 0.2) is 30.3 Å². The molecule has 2 rings (SSSR count). The zero-order chi connectivity index (χ0) is 15.8. The third-order valence-corrected chi connectivity index (χ3v) is 4.10. The Labute approximate surface area is 132 Å². The van der Waals surface area contributed by atoms with Gasteiger partial charge in [-0.2, -0.15) is 0 Å². The third-order valence-electron chi connectivity index (χ3n) is 4.10. The first-order valence-corrected chi connectivity index (χ1v) is 7.97. The fourth-order valence-corrected chi connectivity index (χ4v) is 2.74. The number of piperazine rings is 1. The molecule has 5 nitrogen and oxygen atoms in total. The minimum atomic E-state index is -0.264. The molecule has 120 valence electrons. The molecule has 2 N–H and O–H groups in total. The molecule has 1 aromatic carbocycles. The maximum absolute atomic E-state index is 12.2. The van der Waals surface area contributed by atoms with Crippen LogP contribution in [0.1, 0.15) is 24.8 Å². The Balaban J connectivity index is 1.64. The van der Waals surface area contributed by atoms with Gasteiger partial charge in [0.25, 0.3) is 0 Å². The van der Waals surface area contributed by atoms with Crippen molar-refractivity contribution in [2.24, 2.45) is 5.73 Å². The van der Waals surface area contributed by atoms with Gasteiger partial charge in [0.05, 0.1) is 0 Å². The second-order valence-corrected chi connectivity index (χ2v) is 5.78. The second kappa shape index (κ2) is 8.54. The van der Waals surface area contributed by atoms with Crippen molar-refractivity contribution in [3.8, 4) is 0 Å². The maximum Gasteiger partial charge on any atom is 0.222 e. The van der Waals surface area contributed by atoms with E-state index >= 15 is 0 Å². The summed E-state index contributed by atoms with van der Waals surface area (Å²) in [6, 6.07) is 10.3. The topological polar surface area (TPSA) is 66.6 Å². The highest BCUT2D eigenvalue weighted by Crippen LogP contribution is 2.09. The van der Waals surface area contributed by atoms with Crippen LogP contribution in [0.5, 0.6) is 0 Å². The summed E-state index contributed by atoms with van der Waals surface area (Å²) in [7, 11) is 0. The molecular formula is C17H25N3O2. The molecule has 1 aliphatic rings. The Kier molecular flexibility index (Phi) is 6.40. The number of amides is 2. The lowest BCUT2D eigenvalue weighted by Crippen LogP contribution is -2.49. The van der Waals surface area contributed by atoms with Gasteiger partial charge in [0.15, 0.2) is 0 Å². The Morgan fingerprint density at radius 1 is 1.00 bits per heavy atom. The molecule has 0 radical (unpaired) electrons. The molecule has 0 unspecified atom stereocenters. The lowest BCUT2D eigenvalue weighted by atomic mass is 10.1. The van der Waals surface area contributed by atoms with Crippen LogP contribution in [0.3, 0.4) is 0 Å². The average Bonchev–Trinajstić information content (AvgIpc) is 2.54. The summed E-state index contributed by atoms with van der Waals surface area (Å²) in [5.74, 6) is -0.0232. The van der Waals surface area contributed by atoms with Crippen molar-refractivity contribution in [2.45, 2.75) is 25.7 Å². The molecule has 0 saturated carbocycles. The normalized spacial score (nSPS) is 15.7. The van der Waals surface area contributed by atoms with E-state index in [2.05, 4.69) is 17.0 Å². The number of benzene rings is 1. The first-order chi connectivity index (χ1) is 10.6. The zero-order valence-corrected chi connectivity index (χ0v) is 13.0. The molecule has 5 heteroatoms. The van der Waals surface area contributed by atoms with Crippen LogP contribution < -0.4 is 5.73 Å². The summed E-state index contributed by atoms with van der Waals surface area (Å²) in [4.78, 5) is 27.1. The molecule has 22 heavy (non-hydrogen) atoms.